The molecule has 12 heteroatoms. The van der Waals surface area contributed by atoms with E-state index in [0.717, 1.165) is 42.8 Å². The van der Waals surface area contributed by atoms with Crippen LogP contribution in [0, 0.1) is 4.77 Å². The molecule has 1 saturated heterocycles. The van der Waals surface area contributed by atoms with Gasteiger partial charge >= 0.3 is 0 Å². The van der Waals surface area contributed by atoms with Crippen molar-refractivity contribution in [2.75, 3.05) is 13.1 Å². The molecule has 2 aromatic heterocycles. The maximum absolute atomic E-state index is 13.0. The fraction of sp³-hybridized carbons (Fsp3) is 0.533. The second kappa shape index (κ2) is 6.96. The minimum atomic E-state index is -4.02. The number of amides is 1. The molecule has 0 aromatic carbocycles. The van der Waals surface area contributed by atoms with Gasteiger partial charge in [-0.3, -0.25) is 9.89 Å². The van der Waals surface area contributed by atoms with Gasteiger partial charge in [0.05, 0.1) is 9.90 Å². The molecular formula is C15H18ClN5O3S3. The van der Waals surface area contributed by atoms with E-state index >= 15 is 0 Å². The summed E-state index contributed by atoms with van der Waals surface area (Å²) in [5, 5.41) is 12.5. The largest absolute Gasteiger partial charge is 0.338 e. The Morgan fingerprint density at radius 3 is 2.81 bits per heavy atom. The summed E-state index contributed by atoms with van der Waals surface area (Å²) in [6, 6.07) is 1.76. The highest BCUT2D eigenvalue weighted by Gasteiger charge is 2.35. The van der Waals surface area contributed by atoms with E-state index in [9.17, 15) is 13.2 Å². The van der Waals surface area contributed by atoms with Gasteiger partial charge in [-0.25, -0.2) is 13.6 Å². The molecule has 146 valence electrons. The van der Waals surface area contributed by atoms with Gasteiger partial charge in [-0.1, -0.05) is 11.6 Å². The topological polar surface area (TPSA) is 114 Å². The summed E-state index contributed by atoms with van der Waals surface area (Å²) in [5.74, 6) is 0.539. The molecule has 1 aliphatic carbocycles. The fourth-order valence-corrected chi connectivity index (χ4v) is 6.10. The summed E-state index contributed by atoms with van der Waals surface area (Å²) in [4.78, 5) is 14.6. The number of nitrogens with zero attached hydrogens (tertiary/aromatic N) is 3. The highest BCUT2D eigenvalue weighted by Crippen LogP contribution is 2.39. The molecule has 27 heavy (non-hydrogen) atoms. The first-order chi connectivity index (χ1) is 12.8. The molecule has 0 unspecified atom stereocenters. The molecular weight excluding hydrogens is 430 g/mol. The Labute approximate surface area is 170 Å². The van der Waals surface area contributed by atoms with E-state index in [-0.39, 0.29) is 25.9 Å². The Morgan fingerprint density at radius 2 is 2.15 bits per heavy atom. The number of halogens is 1. The number of carbonyl (C=O) groups is 1. The lowest BCUT2D eigenvalue weighted by Crippen LogP contribution is -2.40. The summed E-state index contributed by atoms with van der Waals surface area (Å²) in [5.41, 5.74) is 0.0363. The lowest BCUT2D eigenvalue weighted by atomic mass is 9.96. The standard InChI is InChI=1S/C15H18ClN5O3S3/c16-11-6-10(14(26-11)27(17,23)24)13(22)20-5-1-2-8(7-20)12-18-19-15(25)21(12)9-3-4-9/h6,8-9H,1-5,7H2,(H,19,25)(H2,17,23,24)/t8-/m0/s1. The molecule has 2 aromatic rings. The molecule has 1 atom stereocenters. The number of sulfonamides is 1. The van der Waals surface area contributed by atoms with E-state index in [2.05, 4.69) is 14.8 Å². The van der Waals surface area contributed by atoms with Crippen LogP contribution in [0.15, 0.2) is 10.3 Å². The molecule has 3 heterocycles. The van der Waals surface area contributed by atoms with E-state index in [1.165, 1.54) is 6.07 Å². The number of nitrogens with two attached hydrogens (primary N) is 1. The molecule has 2 aliphatic rings. The average molecular weight is 448 g/mol. The zero-order chi connectivity index (χ0) is 19.3. The number of likely N-dealkylation sites (tertiary alicyclic amines) is 1. The van der Waals surface area contributed by atoms with Crippen LogP contribution in [0.4, 0.5) is 0 Å². The van der Waals surface area contributed by atoms with E-state index in [1.54, 1.807) is 4.90 Å². The first kappa shape index (κ1) is 19.1. The Bertz CT molecular complexity index is 1050. The number of aromatic nitrogens is 3. The second-order valence-electron chi connectivity index (χ2n) is 6.88. The van der Waals surface area contributed by atoms with Crippen molar-refractivity contribution in [3.8, 4) is 0 Å². The van der Waals surface area contributed by atoms with E-state index < -0.39 is 10.0 Å². The molecule has 8 nitrogen and oxygen atoms in total. The van der Waals surface area contributed by atoms with Gasteiger partial charge in [0.2, 0.25) is 10.0 Å². The quantitative estimate of drug-likeness (QED) is 0.699. The predicted octanol–water partition coefficient (Wildman–Crippen LogP) is 2.66. The number of rotatable bonds is 4. The molecule has 0 radical (unpaired) electrons. The van der Waals surface area contributed by atoms with E-state index in [0.29, 0.717) is 23.9 Å². The van der Waals surface area contributed by atoms with Gasteiger partial charge in [0.1, 0.15) is 10.0 Å². The Kier molecular flexibility index (Phi) is 4.91. The third-order valence-corrected chi connectivity index (χ3v) is 7.90. The van der Waals surface area contributed by atoms with Gasteiger partial charge in [0.15, 0.2) is 4.77 Å². The first-order valence-electron chi connectivity index (χ1n) is 8.54. The molecule has 1 aliphatic heterocycles. The second-order valence-corrected chi connectivity index (χ2v) is 10.7. The SMILES string of the molecule is NS(=O)(=O)c1sc(Cl)cc1C(=O)N1CCC[C@H](c2n[nH]c(=S)n2C2CC2)C1. The third-order valence-electron chi connectivity index (χ3n) is 4.87. The molecule has 3 N–H and O–H groups in total. The van der Waals surface area contributed by atoms with E-state index in [1.807, 2.05) is 0 Å². The third kappa shape index (κ3) is 3.70. The van der Waals surface area contributed by atoms with Crippen LogP contribution in [0.5, 0.6) is 0 Å². The minimum absolute atomic E-state index is 0.0363. The normalized spacial score (nSPS) is 20.8. The lowest BCUT2D eigenvalue weighted by Gasteiger charge is -2.32. The maximum Gasteiger partial charge on any atom is 0.256 e. The number of piperidine rings is 1. The number of hydrogen-bond donors (Lipinski definition) is 2. The van der Waals surface area contributed by atoms with Crippen LogP contribution in [-0.2, 0) is 10.0 Å². The predicted molar refractivity (Wildman–Crippen MR) is 104 cm³/mol. The molecule has 0 spiro atoms. The van der Waals surface area contributed by atoms with Gasteiger partial charge in [-0.05, 0) is 44.0 Å². The zero-order valence-corrected chi connectivity index (χ0v) is 17.4. The van der Waals surface area contributed by atoms with Crippen LogP contribution in [0.2, 0.25) is 4.34 Å². The van der Waals surface area contributed by atoms with Gasteiger partial charge in [-0.15, -0.1) is 11.3 Å². The Morgan fingerprint density at radius 1 is 1.41 bits per heavy atom. The summed E-state index contributed by atoms with van der Waals surface area (Å²) >= 11 is 12.1. The monoisotopic (exact) mass is 447 g/mol. The number of carbonyl (C=O) groups excluding carboxylic acids is 1. The zero-order valence-electron chi connectivity index (χ0n) is 14.2. The van der Waals surface area contributed by atoms with Gasteiger partial charge < -0.3 is 9.47 Å². The van der Waals surface area contributed by atoms with Crippen molar-refractivity contribution >= 4 is 51.1 Å². The van der Waals surface area contributed by atoms with Crippen molar-refractivity contribution < 1.29 is 13.2 Å². The summed E-state index contributed by atoms with van der Waals surface area (Å²) in [6.45, 7) is 0.990. The van der Waals surface area contributed by atoms with Gasteiger partial charge in [-0.2, -0.15) is 5.10 Å². The lowest BCUT2D eigenvalue weighted by molar-refractivity contribution is 0.0700. The summed E-state index contributed by atoms with van der Waals surface area (Å²) in [7, 11) is -4.02. The van der Waals surface area contributed by atoms with Crippen LogP contribution >= 0.6 is 35.2 Å². The van der Waals surface area contributed by atoms with Crippen molar-refractivity contribution in [1.82, 2.24) is 19.7 Å². The molecule has 4 rings (SSSR count). The molecule has 2 fully saturated rings. The van der Waals surface area contributed by atoms with E-state index in [4.69, 9.17) is 29.0 Å². The average Bonchev–Trinajstić information content (AvgIpc) is 3.25. The van der Waals surface area contributed by atoms with Crippen LogP contribution in [0.3, 0.4) is 0 Å². The maximum atomic E-state index is 13.0. The number of aromatic amines is 1. The molecule has 1 saturated carbocycles. The number of nitrogens with one attached hydrogen (secondary N) is 1. The molecule has 1 amide bonds. The van der Waals surface area contributed by atoms with Crippen LogP contribution in [0.1, 0.15) is 53.8 Å². The highest BCUT2D eigenvalue weighted by molar-refractivity contribution is 7.91. The molecule has 0 bridgehead atoms. The first-order valence-corrected chi connectivity index (χ1v) is 11.7. The van der Waals surface area contributed by atoms with Crippen molar-refractivity contribution in [3.63, 3.8) is 0 Å². The van der Waals surface area contributed by atoms with Crippen LogP contribution in [-0.4, -0.2) is 47.1 Å². The number of H-pyrrole nitrogens is 1. The number of primary sulfonamides is 1. The van der Waals surface area contributed by atoms with Crippen molar-refractivity contribution in [1.29, 1.82) is 0 Å². The number of hydrogen-bond acceptors (Lipinski definition) is 6. The van der Waals surface area contributed by atoms with Crippen molar-refractivity contribution in [3.05, 3.63) is 26.6 Å². The smallest absolute Gasteiger partial charge is 0.256 e. The highest BCUT2D eigenvalue weighted by atomic mass is 35.5. The fourth-order valence-electron chi connectivity index (χ4n) is 3.54. The summed E-state index contributed by atoms with van der Waals surface area (Å²) < 4.78 is 26.3. The number of thiophene rings is 1. The summed E-state index contributed by atoms with van der Waals surface area (Å²) in [6.07, 6.45) is 3.86. The van der Waals surface area contributed by atoms with Crippen LogP contribution in [0.25, 0.3) is 0 Å². The van der Waals surface area contributed by atoms with Crippen LogP contribution < -0.4 is 5.14 Å². The Hall–Kier alpha value is -1.27. The van der Waals surface area contributed by atoms with Crippen molar-refractivity contribution in [2.45, 2.75) is 41.9 Å². The van der Waals surface area contributed by atoms with Crippen molar-refractivity contribution in [2.24, 2.45) is 5.14 Å². The minimum Gasteiger partial charge on any atom is -0.338 e. The van der Waals surface area contributed by atoms with Gasteiger partial charge in [0.25, 0.3) is 5.91 Å². The Balaban J connectivity index is 1.61. The van der Waals surface area contributed by atoms with Gasteiger partial charge in [0, 0.05) is 25.0 Å².